The average molecular weight is 821 g/mol. The Kier molecular flexibility index (Phi) is 9.63. The number of nitriles is 2. The van der Waals surface area contributed by atoms with Gasteiger partial charge in [0.25, 0.3) is 0 Å². The number of fused-ring (bicyclic) bond motifs is 3. The van der Waals surface area contributed by atoms with Gasteiger partial charge in [-0.2, -0.15) is 23.7 Å². The van der Waals surface area contributed by atoms with E-state index in [1.807, 2.05) is 144 Å². The smallest absolute Gasteiger partial charge is 0.309 e. The Balaban J connectivity index is 1.32. The minimum Gasteiger partial charge on any atom is -0.309 e. The molecule has 0 saturated carbocycles. The second-order valence-corrected chi connectivity index (χ2v) is 14.9. The molecule has 0 spiro atoms. The van der Waals surface area contributed by atoms with Crippen molar-refractivity contribution in [3.05, 3.63) is 205 Å². The maximum atomic E-state index is 15.0. The molecule has 63 heavy (non-hydrogen) atoms. The van der Waals surface area contributed by atoms with Crippen LogP contribution in [0.1, 0.15) is 16.7 Å². The largest absolute Gasteiger partial charge is 0.417 e. The maximum Gasteiger partial charge on any atom is 0.417 e. The lowest BCUT2D eigenvalue weighted by atomic mass is 9.95. The van der Waals surface area contributed by atoms with Crippen LogP contribution >= 0.6 is 0 Å². The Morgan fingerprint density at radius 1 is 0.397 bits per heavy atom. The zero-order valence-electron chi connectivity index (χ0n) is 33.2. The molecule has 2 heterocycles. The van der Waals surface area contributed by atoms with Gasteiger partial charge in [0, 0.05) is 33.0 Å². The van der Waals surface area contributed by atoms with Crippen molar-refractivity contribution in [2.75, 3.05) is 0 Å². The van der Waals surface area contributed by atoms with Crippen LogP contribution in [0.25, 0.3) is 95.0 Å². The molecule has 0 atom stereocenters. The van der Waals surface area contributed by atoms with Crippen LogP contribution in [-0.4, -0.2) is 19.5 Å². The van der Waals surface area contributed by atoms with Gasteiger partial charge < -0.3 is 4.57 Å². The average Bonchev–Trinajstić information content (AvgIpc) is 3.66. The summed E-state index contributed by atoms with van der Waals surface area (Å²) in [6, 6.07) is 61.0. The van der Waals surface area contributed by atoms with Gasteiger partial charge in [-0.25, -0.2) is 15.0 Å². The number of hydrogen-bond acceptors (Lipinski definition) is 5. The van der Waals surface area contributed by atoms with Crippen LogP contribution in [0.5, 0.6) is 0 Å². The molecule has 9 heteroatoms. The molecule has 0 radical (unpaired) electrons. The van der Waals surface area contributed by atoms with Gasteiger partial charge >= 0.3 is 6.18 Å². The fourth-order valence-corrected chi connectivity index (χ4v) is 8.26. The van der Waals surface area contributed by atoms with E-state index in [4.69, 9.17) is 15.0 Å². The summed E-state index contributed by atoms with van der Waals surface area (Å²) in [7, 11) is 0. The van der Waals surface area contributed by atoms with Crippen LogP contribution in [-0.2, 0) is 6.18 Å². The first-order valence-corrected chi connectivity index (χ1v) is 20.0. The molecule has 0 amide bonds. The molecule has 8 aromatic carbocycles. The van der Waals surface area contributed by atoms with E-state index in [0.29, 0.717) is 67.6 Å². The standard InChI is InChI=1S/C54H31F3N6/c55-54(56,57)47-22-12-11-21-43(47)44-28-25-38(53-61-51(34-13-3-1-4-14-34)60-52(62-53)35-15-5-2-6-16-35)31-50(44)63-48-29-36(41-19-9-7-17-39(41)32-58)23-26-45(48)46-27-24-37(30-49(46)63)42-20-10-8-18-40(42)33-59/h1-31H. The summed E-state index contributed by atoms with van der Waals surface area (Å²) in [4.78, 5) is 14.8. The van der Waals surface area contributed by atoms with Crippen molar-refractivity contribution in [2.24, 2.45) is 0 Å². The Morgan fingerprint density at radius 3 is 1.32 bits per heavy atom. The molecule has 0 aliphatic carbocycles. The third-order valence-electron chi connectivity index (χ3n) is 11.2. The first kappa shape index (κ1) is 38.5. The highest BCUT2D eigenvalue weighted by molar-refractivity contribution is 6.12. The molecule has 0 unspecified atom stereocenters. The van der Waals surface area contributed by atoms with E-state index in [-0.39, 0.29) is 5.56 Å². The van der Waals surface area contributed by atoms with Crippen molar-refractivity contribution in [1.82, 2.24) is 19.5 Å². The Hall–Kier alpha value is -8.66. The topological polar surface area (TPSA) is 91.2 Å². The maximum absolute atomic E-state index is 15.0. The number of halogens is 3. The van der Waals surface area contributed by atoms with Crippen molar-refractivity contribution < 1.29 is 13.2 Å². The van der Waals surface area contributed by atoms with Crippen molar-refractivity contribution >= 4 is 21.8 Å². The van der Waals surface area contributed by atoms with Crippen molar-refractivity contribution in [3.8, 4) is 85.4 Å². The number of aromatic nitrogens is 4. The zero-order valence-corrected chi connectivity index (χ0v) is 33.2. The minimum atomic E-state index is -4.67. The summed E-state index contributed by atoms with van der Waals surface area (Å²) < 4.78 is 47.0. The fourth-order valence-electron chi connectivity index (χ4n) is 8.26. The van der Waals surface area contributed by atoms with E-state index in [1.165, 1.54) is 12.1 Å². The highest BCUT2D eigenvalue weighted by atomic mass is 19.4. The van der Waals surface area contributed by atoms with Gasteiger partial charge in [-0.1, -0.05) is 152 Å². The summed E-state index contributed by atoms with van der Waals surface area (Å²) in [6.45, 7) is 0. The highest BCUT2D eigenvalue weighted by Gasteiger charge is 2.34. The third kappa shape index (κ3) is 7.04. The molecule has 0 N–H and O–H groups in total. The Bertz CT molecular complexity index is 3300. The van der Waals surface area contributed by atoms with E-state index in [2.05, 4.69) is 12.1 Å². The van der Waals surface area contributed by atoms with Gasteiger partial charge in [0.05, 0.1) is 45.5 Å². The number of rotatable bonds is 7. The minimum absolute atomic E-state index is 0.0101. The molecule has 0 aliphatic rings. The third-order valence-corrected chi connectivity index (χ3v) is 11.2. The molecule has 0 bridgehead atoms. The summed E-state index contributed by atoms with van der Waals surface area (Å²) in [6.07, 6.45) is -4.67. The lowest BCUT2D eigenvalue weighted by molar-refractivity contribution is -0.137. The number of nitrogens with zero attached hydrogens (tertiary/aromatic N) is 6. The molecule has 0 fully saturated rings. The number of alkyl halides is 3. The number of hydrogen-bond donors (Lipinski definition) is 0. The summed E-state index contributed by atoms with van der Waals surface area (Å²) in [5.74, 6) is 1.20. The van der Waals surface area contributed by atoms with Gasteiger partial charge in [-0.3, -0.25) is 0 Å². The Morgan fingerprint density at radius 2 is 0.825 bits per heavy atom. The molecule has 2 aromatic heterocycles. The molecule has 298 valence electrons. The van der Waals surface area contributed by atoms with Crippen LogP contribution in [0.2, 0.25) is 0 Å². The SMILES string of the molecule is N#Cc1ccccc1-c1ccc2c3ccc(-c4ccccc4C#N)cc3n(-c3cc(-c4nc(-c5ccccc5)nc(-c5ccccc5)n4)ccc3-c3ccccc3C(F)(F)F)c2c1. The summed E-state index contributed by atoms with van der Waals surface area (Å²) >= 11 is 0. The van der Waals surface area contributed by atoms with Gasteiger partial charge in [0.15, 0.2) is 17.5 Å². The van der Waals surface area contributed by atoms with Crippen molar-refractivity contribution in [3.63, 3.8) is 0 Å². The van der Waals surface area contributed by atoms with Gasteiger partial charge in [-0.15, -0.1) is 0 Å². The summed E-state index contributed by atoms with van der Waals surface area (Å²) in [5, 5.41) is 21.9. The summed E-state index contributed by atoms with van der Waals surface area (Å²) in [5.41, 5.74) is 7.31. The van der Waals surface area contributed by atoms with E-state index < -0.39 is 11.7 Å². The van der Waals surface area contributed by atoms with Crippen molar-refractivity contribution in [2.45, 2.75) is 6.18 Å². The van der Waals surface area contributed by atoms with Crippen molar-refractivity contribution in [1.29, 1.82) is 10.5 Å². The predicted octanol–water partition coefficient (Wildman–Crippen LogP) is 13.7. The van der Waals surface area contributed by atoms with E-state index in [0.717, 1.165) is 39.1 Å². The zero-order chi connectivity index (χ0) is 43.1. The first-order valence-electron chi connectivity index (χ1n) is 20.0. The van der Waals surface area contributed by atoms with Crippen LogP contribution in [0.3, 0.4) is 0 Å². The monoisotopic (exact) mass is 820 g/mol. The fraction of sp³-hybridized carbons (Fsp3) is 0.0185. The highest BCUT2D eigenvalue weighted by Crippen LogP contribution is 2.44. The molecule has 10 aromatic rings. The molecular formula is C54H31F3N6. The van der Waals surface area contributed by atoms with Gasteiger partial charge in [-0.05, 0) is 64.2 Å². The molecule has 6 nitrogen and oxygen atoms in total. The molecule has 10 rings (SSSR count). The number of benzene rings is 8. The van der Waals surface area contributed by atoms with E-state index >= 15 is 13.2 Å². The first-order chi connectivity index (χ1) is 30.8. The van der Waals surface area contributed by atoms with Crippen LogP contribution in [0.4, 0.5) is 13.2 Å². The molecular weight excluding hydrogens is 790 g/mol. The second kappa shape index (κ2) is 15.7. The lowest BCUT2D eigenvalue weighted by Crippen LogP contribution is -2.08. The second-order valence-electron chi connectivity index (χ2n) is 14.9. The quantitative estimate of drug-likeness (QED) is 0.160. The Labute approximate surface area is 360 Å². The van der Waals surface area contributed by atoms with Crippen LogP contribution in [0, 0.1) is 22.7 Å². The molecule has 0 aliphatic heterocycles. The van der Waals surface area contributed by atoms with Crippen LogP contribution in [0.15, 0.2) is 188 Å². The van der Waals surface area contributed by atoms with Gasteiger partial charge in [0.2, 0.25) is 0 Å². The predicted molar refractivity (Wildman–Crippen MR) is 241 cm³/mol. The lowest BCUT2D eigenvalue weighted by Gasteiger charge is -2.19. The van der Waals surface area contributed by atoms with Gasteiger partial charge in [0.1, 0.15) is 0 Å². The van der Waals surface area contributed by atoms with E-state index in [1.54, 1.807) is 30.3 Å². The molecule has 0 saturated heterocycles. The normalized spacial score (nSPS) is 11.4. The van der Waals surface area contributed by atoms with E-state index in [9.17, 15) is 10.5 Å². The van der Waals surface area contributed by atoms with Crippen LogP contribution < -0.4 is 0 Å².